The monoisotopic (exact) mass is 886 g/mol. The minimum absolute atomic E-state index is 0.0698. The van der Waals surface area contributed by atoms with Crippen LogP contribution in [0, 0.1) is 0 Å². The Bertz CT molecular complexity index is 3730. The van der Waals surface area contributed by atoms with Gasteiger partial charge >= 0.3 is 0 Å². The van der Waals surface area contributed by atoms with Crippen molar-refractivity contribution in [1.82, 2.24) is 4.57 Å². The summed E-state index contributed by atoms with van der Waals surface area (Å²) in [4.78, 5) is 2.54. The maximum absolute atomic E-state index is 2.54. The van der Waals surface area contributed by atoms with Crippen LogP contribution in [0.1, 0.15) is 68.6 Å². The first kappa shape index (κ1) is 41.3. The first-order valence-electron chi connectivity index (χ1n) is 25.0. The van der Waals surface area contributed by atoms with Crippen LogP contribution in [0.5, 0.6) is 0 Å². The van der Waals surface area contributed by atoms with Crippen LogP contribution in [-0.2, 0) is 5.41 Å². The van der Waals surface area contributed by atoms with E-state index in [0.29, 0.717) is 5.92 Å². The van der Waals surface area contributed by atoms with Gasteiger partial charge in [0.1, 0.15) is 0 Å². The second-order valence-electron chi connectivity index (χ2n) is 19.8. The van der Waals surface area contributed by atoms with Crippen LogP contribution in [-0.4, -0.2) is 4.57 Å². The average Bonchev–Trinajstić information content (AvgIpc) is 3.88. The molecule has 1 aromatic heterocycles. The van der Waals surface area contributed by atoms with E-state index in [1.54, 1.807) is 0 Å². The standard InChI is InChI=1S/C67H54N2/c1-67(2)59-36-13-9-30-58(59)65-51(32-20-37-60(65)67)46-41-43-49(44-42-46)68(61-38-14-10-27-52(61)55-33-18-24-47-23-17-31-50(64(47)55)45-21-5-3-6-22-45)62-39-15-11-28-53(62)56-34-19-35-57-54-29-12-16-40-63(54)69(66(56)57)48-25-7-4-8-26-48/h4,7-20,23-45H,3,5-6,21-22H2,1-2H3. The number of para-hydroxylation sites is 5. The smallest absolute Gasteiger partial charge is 0.0620 e. The molecule has 0 saturated heterocycles. The number of fused-ring (bicyclic) bond motifs is 7. The lowest BCUT2D eigenvalue weighted by Crippen LogP contribution is -2.14. The maximum atomic E-state index is 2.54. The van der Waals surface area contributed by atoms with Crippen molar-refractivity contribution in [3.8, 4) is 50.2 Å². The number of benzene rings is 10. The van der Waals surface area contributed by atoms with Gasteiger partial charge in [-0.3, -0.25) is 0 Å². The quantitative estimate of drug-likeness (QED) is 0.148. The molecule has 11 aromatic rings. The summed E-state index contributed by atoms with van der Waals surface area (Å²) in [6.07, 6.45) is 6.43. The van der Waals surface area contributed by atoms with Gasteiger partial charge in [-0.2, -0.15) is 0 Å². The predicted molar refractivity (Wildman–Crippen MR) is 293 cm³/mol. The summed E-state index contributed by atoms with van der Waals surface area (Å²) in [7, 11) is 0. The Morgan fingerprint density at radius 3 is 1.78 bits per heavy atom. The zero-order chi connectivity index (χ0) is 46.1. The fourth-order valence-corrected chi connectivity index (χ4v) is 12.4. The molecular formula is C67H54N2. The van der Waals surface area contributed by atoms with Crippen LogP contribution in [0.4, 0.5) is 17.1 Å². The third-order valence-corrected chi connectivity index (χ3v) is 15.6. The van der Waals surface area contributed by atoms with Crippen LogP contribution in [0.25, 0.3) is 82.8 Å². The second kappa shape index (κ2) is 16.7. The highest BCUT2D eigenvalue weighted by Crippen LogP contribution is 2.53. The van der Waals surface area contributed by atoms with E-state index >= 15 is 0 Å². The number of aromatic nitrogens is 1. The van der Waals surface area contributed by atoms with Crippen LogP contribution >= 0.6 is 0 Å². The van der Waals surface area contributed by atoms with Gasteiger partial charge in [-0.1, -0.05) is 215 Å². The van der Waals surface area contributed by atoms with Crippen LogP contribution < -0.4 is 4.90 Å². The van der Waals surface area contributed by atoms with Gasteiger partial charge in [0.25, 0.3) is 0 Å². The zero-order valence-electron chi connectivity index (χ0n) is 39.4. The molecule has 0 amide bonds. The summed E-state index contributed by atoms with van der Waals surface area (Å²) in [5.41, 5.74) is 21.2. The molecule has 10 aromatic carbocycles. The Morgan fingerprint density at radius 1 is 0.435 bits per heavy atom. The topological polar surface area (TPSA) is 8.17 Å². The molecule has 0 spiro atoms. The van der Waals surface area contributed by atoms with Gasteiger partial charge < -0.3 is 9.47 Å². The molecule has 0 radical (unpaired) electrons. The third-order valence-electron chi connectivity index (χ3n) is 15.6. The highest BCUT2D eigenvalue weighted by Gasteiger charge is 2.36. The van der Waals surface area contributed by atoms with Crippen LogP contribution in [0.3, 0.4) is 0 Å². The van der Waals surface area contributed by atoms with E-state index in [0.717, 1.165) is 22.7 Å². The number of anilines is 3. The molecule has 0 bridgehead atoms. The van der Waals surface area contributed by atoms with E-state index in [1.165, 1.54) is 126 Å². The van der Waals surface area contributed by atoms with E-state index in [1.807, 2.05) is 0 Å². The van der Waals surface area contributed by atoms with E-state index in [9.17, 15) is 0 Å². The van der Waals surface area contributed by atoms with Crippen LogP contribution in [0.2, 0.25) is 0 Å². The molecular weight excluding hydrogens is 833 g/mol. The number of hydrogen-bond donors (Lipinski definition) is 0. The van der Waals surface area contributed by atoms with Gasteiger partial charge in [0.05, 0.1) is 22.4 Å². The highest BCUT2D eigenvalue weighted by atomic mass is 15.1. The van der Waals surface area contributed by atoms with E-state index in [2.05, 4.69) is 248 Å². The molecule has 0 atom stereocenters. The molecule has 69 heavy (non-hydrogen) atoms. The van der Waals surface area contributed by atoms with Gasteiger partial charge in [-0.15, -0.1) is 0 Å². The van der Waals surface area contributed by atoms with E-state index in [-0.39, 0.29) is 5.41 Å². The molecule has 2 heteroatoms. The van der Waals surface area contributed by atoms with Gasteiger partial charge in [0, 0.05) is 44.3 Å². The van der Waals surface area contributed by atoms with Crippen molar-refractivity contribution >= 4 is 49.6 Å². The molecule has 0 N–H and O–H groups in total. The van der Waals surface area contributed by atoms with Crippen molar-refractivity contribution in [2.75, 3.05) is 4.90 Å². The molecule has 332 valence electrons. The Morgan fingerprint density at radius 2 is 1.00 bits per heavy atom. The number of rotatable bonds is 8. The van der Waals surface area contributed by atoms with Crippen molar-refractivity contribution in [2.24, 2.45) is 0 Å². The molecule has 0 unspecified atom stereocenters. The fourth-order valence-electron chi connectivity index (χ4n) is 12.4. The SMILES string of the molecule is CC1(C)c2ccccc2-c2c(-c3ccc(N(c4ccccc4-c4cccc5cccc(C6CCCCC6)c45)c4ccccc4-c4cccc5c6ccccc6n(-c6ccccc6)c45)cc3)cccc21. The molecule has 1 fully saturated rings. The molecule has 0 aliphatic heterocycles. The zero-order valence-corrected chi connectivity index (χ0v) is 39.4. The average molecular weight is 887 g/mol. The molecule has 13 rings (SSSR count). The van der Waals surface area contributed by atoms with Crippen LogP contribution in [0.15, 0.2) is 224 Å². The summed E-state index contributed by atoms with van der Waals surface area (Å²) in [6, 6.07) is 84.0. The highest BCUT2D eigenvalue weighted by molar-refractivity contribution is 6.15. The Labute approximate surface area is 405 Å². The Hall–Kier alpha value is -7.94. The van der Waals surface area contributed by atoms with E-state index < -0.39 is 0 Å². The summed E-state index contributed by atoms with van der Waals surface area (Å²) in [5.74, 6) is 0.564. The lowest BCUT2D eigenvalue weighted by molar-refractivity contribution is 0.445. The minimum atomic E-state index is -0.0698. The first-order chi connectivity index (χ1) is 34.0. The Kier molecular flexibility index (Phi) is 9.98. The largest absolute Gasteiger partial charge is 0.309 e. The number of nitrogens with zero attached hydrogens (tertiary/aromatic N) is 2. The van der Waals surface area contributed by atoms with Crippen molar-refractivity contribution in [2.45, 2.75) is 57.3 Å². The van der Waals surface area contributed by atoms with Gasteiger partial charge in [0.2, 0.25) is 0 Å². The van der Waals surface area contributed by atoms with E-state index in [4.69, 9.17) is 0 Å². The molecule has 2 nitrogen and oxygen atoms in total. The van der Waals surface area contributed by atoms with Gasteiger partial charge in [-0.05, 0) is 117 Å². The summed E-state index contributed by atoms with van der Waals surface area (Å²) < 4.78 is 2.46. The second-order valence-corrected chi connectivity index (χ2v) is 19.8. The molecule has 1 saturated carbocycles. The van der Waals surface area contributed by atoms with Gasteiger partial charge in [-0.25, -0.2) is 0 Å². The molecule has 1 heterocycles. The Balaban J connectivity index is 1.05. The molecule has 2 aliphatic carbocycles. The lowest BCUT2D eigenvalue weighted by Gasteiger charge is -2.31. The summed E-state index contributed by atoms with van der Waals surface area (Å²) >= 11 is 0. The normalized spacial score (nSPS) is 14.3. The third kappa shape index (κ3) is 6.68. The predicted octanol–water partition coefficient (Wildman–Crippen LogP) is 18.8. The molecule has 2 aliphatic rings. The summed E-state index contributed by atoms with van der Waals surface area (Å²) in [6.45, 7) is 4.73. The first-order valence-corrected chi connectivity index (χ1v) is 25.0. The lowest BCUT2D eigenvalue weighted by atomic mass is 9.80. The number of hydrogen-bond acceptors (Lipinski definition) is 1. The van der Waals surface area contributed by atoms with Crippen molar-refractivity contribution in [3.05, 3.63) is 241 Å². The van der Waals surface area contributed by atoms with Crippen molar-refractivity contribution in [1.29, 1.82) is 0 Å². The minimum Gasteiger partial charge on any atom is -0.309 e. The van der Waals surface area contributed by atoms with Crippen molar-refractivity contribution < 1.29 is 0 Å². The fraction of sp³-hybridized carbons (Fsp3) is 0.134. The van der Waals surface area contributed by atoms with Crippen molar-refractivity contribution in [3.63, 3.8) is 0 Å². The van der Waals surface area contributed by atoms with Gasteiger partial charge in [0.15, 0.2) is 0 Å². The summed E-state index contributed by atoms with van der Waals surface area (Å²) in [5, 5.41) is 5.18. The maximum Gasteiger partial charge on any atom is 0.0620 e.